The Morgan fingerprint density at radius 2 is 1.73 bits per heavy atom. The van der Waals surface area contributed by atoms with Crippen molar-refractivity contribution in [3.05, 3.63) is 72.3 Å². The van der Waals surface area contributed by atoms with Gasteiger partial charge < -0.3 is 9.47 Å². The minimum Gasteiger partial charge on any atom is -0.485 e. The van der Waals surface area contributed by atoms with Crippen molar-refractivity contribution in [2.24, 2.45) is 5.10 Å². The second kappa shape index (κ2) is 6.88. The predicted molar refractivity (Wildman–Crippen MR) is 101 cm³/mol. The minimum atomic E-state index is -0.724. The van der Waals surface area contributed by atoms with Crippen LogP contribution in [0.5, 0.6) is 11.5 Å². The van der Waals surface area contributed by atoms with Gasteiger partial charge in [-0.3, -0.25) is 4.79 Å². The molecule has 0 saturated heterocycles. The monoisotopic (exact) mass is 346 g/mol. The third-order valence-electron chi connectivity index (χ3n) is 4.30. The Morgan fingerprint density at radius 3 is 2.58 bits per heavy atom. The Bertz CT molecular complexity index is 997. The number of para-hydroxylation sites is 2. The van der Waals surface area contributed by atoms with E-state index in [4.69, 9.17) is 9.47 Å². The highest BCUT2D eigenvalue weighted by molar-refractivity contribution is 6.02. The van der Waals surface area contributed by atoms with Crippen molar-refractivity contribution in [3.8, 4) is 11.5 Å². The Labute approximate surface area is 151 Å². The van der Waals surface area contributed by atoms with Gasteiger partial charge in [0.2, 0.25) is 6.10 Å². The van der Waals surface area contributed by atoms with E-state index >= 15 is 0 Å². The normalized spacial score (nSPS) is 16.3. The zero-order chi connectivity index (χ0) is 17.9. The summed E-state index contributed by atoms with van der Waals surface area (Å²) in [6.07, 6.45) is -0.724. The summed E-state index contributed by atoms with van der Waals surface area (Å²) in [5.74, 6) is 0.876. The van der Waals surface area contributed by atoms with Crippen LogP contribution in [0.4, 0.5) is 0 Å². The number of nitrogens with zero attached hydrogens (tertiary/aromatic N) is 1. The Morgan fingerprint density at radius 1 is 1.00 bits per heavy atom. The van der Waals surface area contributed by atoms with E-state index in [2.05, 4.69) is 28.7 Å². The molecule has 0 radical (unpaired) electrons. The molecule has 0 aliphatic carbocycles. The first-order valence-electron chi connectivity index (χ1n) is 8.42. The van der Waals surface area contributed by atoms with Gasteiger partial charge in [-0.15, -0.1) is 0 Å². The molecule has 0 aromatic heterocycles. The summed E-state index contributed by atoms with van der Waals surface area (Å²) in [7, 11) is 0. The van der Waals surface area contributed by atoms with Crippen LogP contribution in [-0.2, 0) is 4.79 Å². The summed E-state index contributed by atoms with van der Waals surface area (Å²) in [5.41, 5.74) is 4.25. The van der Waals surface area contributed by atoms with Gasteiger partial charge in [0, 0.05) is 0 Å². The van der Waals surface area contributed by atoms with Crippen LogP contribution in [0.3, 0.4) is 0 Å². The van der Waals surface area contributed by atoms with Gasteiger partial charge in [-0.05, 0) is 41.5 Å². The van der Waals surface area contributed by atoms with Gasteiger partial charge in [-0.1, -0.05) is 48.5 Å². The van der Waals surface area contributed by atoms with Crippen molar-refractivity contribution in [3.63, 3.8) is 0 Å². The van der Waals surface area contributed by atoms with Gasteiger partial charge >= 0.3 is 0 Å². The summed E-state index contributed by atoms with van der Waals surface area (Å²) in [4.78, 5) is 12.3. The number of carbonyl (C=O) groups is 1. The van der Waals surface area contributed by atoms with Crippen LogP contribution in [0.25, 0.3) is 10.8 Å². The summed E-state index contributed by atoms with van der Waals surface area (Å²) < 4.78 is 11.2. The minimum absolute atomic E-state index is 0.160. The lowest BCUT2D eigenvalue weighted by atomic mass is 10.0. The number of benzene rings is 3. The number of ether oxygens (including phenoxy) is 2. The van der Waals surface area contributed by atoms with Crippen molar-refractivity contribution in [1.29, 1.82) is 0 Å². The van der Waals surface area contributed by atoms with Crippen LogP contribution in [0.15, 0.2) is 71.8 Å². The fourth-order valence-electron chi connectivity index (χ4n) is 2.84. The third-order valence-corrected chi connectivity index (χ3v) is 4.30. The Balaban J connectivity index is 1.45. The van der Waals surface area contributed by atoms with Crippen LogP contribution < -0.4 is 14.9 Å². The zero-order valence-corrected chi connectivity index (χ0v) is 14.3. The molecule has 3 aromatic rings. The van der Waals surface area contributed by atoms with Crippen molar-refractivity contribution in [2.45, 2.75) is 13.0 Å². The van der Waals surface area contributed by atoms with Crippen LogP contribution in [0, 0.1) is 0 Å². The summed E-state index contributed by atoms with van der Waals surface area (Å²) >= 11 is 0. The van der Waals surface area contributed by atoms with Crippen molar-refractivity contribution in [1.82, 2.24) is 5.43 Å². The number of fused-ring (bicyclic) bond motifs is 2. The van der Waals surface area contributed by atoms with Crippen molar-refractivity contribution >= 4 is 22.4 Å². The first kappa shape index (κ1) is 16.1. The molecule has 26 heavy (non-hydrogen) atoms. The second-order valence-electron chi connectivity index (χ2n) is 6.10. The lowest BCUT2D eigenvalue weighted by molar-refractivity contribution is -0.130. The number of carbonyl (C=O) groups excluding carboxylic acids is 1. The van der Waals surface area contributed by atoms with Crippen LogP contribution >= 0.6 is 0 Å². The molecule has 0 bridgehead atoms. The maximum atomic E-state index is 12.3. The van der Waals surface area contributed by atoms with E-state index in [9.17, 15) is 4.79 Å². The summed E-state index contributed by atoms with van der Waals surface area (Å²) in [6.45, 7) is 2.02. The van der Waals surface area contributed by atoms with Gasteiger partial charge in [0.05, 0.1) is 5.71 Å². The Hall–Kier alpha value is -3.34. The molecular formula is C21H18N2O3. The summed E-state index contributed by atoms with van der Waals surface area (Å²) in [6, 6.07) is 21.5. The van der Waals surface area contributed by atoms with E-state index in [0.29, 0.717) is 11.5 Å². The van der Waals surface area contributed by atoms with E-state index in [1.165, 1.54) is 5.39 Å². The molecule has 1 aliphatic heterocycles. The van der Waals surface area contributed by atoms with Gasteiger partial charge in [-0.2, -0.15) is 5.10 Å². The van der Waals surface area contributed by atoms with E-state index < -0.39 is 6.10 Å². The number of rotatable bonds is 3. The molecule has 1 N–H and O–H groups in total. The molecule has 0 saturated carbocycles. The van der Waals surface area contributed by atoms with Gasteiger partial charge in [0.15, 0.2) is 11.5 Å². The van der Waals surface area contributed by atoms with Crippen molar-refractivity contribution < 1.29 is 14.3 Å². The number of hydrogen-bond acceptors (Lipinski definition) is 4. The van der Waals surface area contributed by atoms with E-state index in [0.717, 1.165) is 16.7 Å². The maximum absolute atomic E-state index is 12.3. The molecule has 3 aromatic carbocycles. The van der Waals surface area contributed by atoms with Crippen molar-refractivity contribution in [2.75, 3.05) is 6.61 Å². The molecule has 4 rings (SSSR count). The fourth-order valence-corrected chi connectivity index (χ4v) is 2.84. The average molecular weight is 346 g/mol. The van der Waals surface area contributed by atoms with Crippen LogP contribution in [0.2, 0.25) is 0 Å². The zero-order valence-electron chi connectivity index (χ0n) is 14.3. The average Bonchev–Trinajstić information content (AvgIpc) is 2.71. The Kier molecular flexibility index (Phi) is 4.27. The van der Waals surface area contributed by atoms with Gasteiger partial charge in [-0.25, -0.2) is 5.43 Å². The smallest absolute Gasteiger partial charge is 0.284 e. The van der Waals surface area contributed by atoms with Gasteiger partial charge in [0.1, 0.15) is 6.61 Å². The molecule has 1 heterocycles. The highest BCUT2D eigenvalue weighted by Crippen LogP contribution is 2.30. The molecule has 1 atom stereocenters. The molecule has 5 nitrogen and oxygen atoms in total. The fraction of sp³-hybridized carbons (Fsp3) is 0.143. The van der Waals surface area contributed by atoms with Gasteiger partial charge in [0.25, 0.3) is 5.91 Å². The standard InChI is InChI=1S/C21H18N2O3/c1-14(16-11-10-15-6-2-3-7-17(15)12-16)22-23-21(24)20-13-25-18-8-4-5-9-19(18)26-20/h2-12,20H,13H2,1H3,(H,23,24)/b22-14+. The molecule has 0 fully saturated rings. The molecule has 1 unspecified atom stereocenters. The first-order valence-corrected chi connectivity index (χ1v) is 8.42. The molecule has 1 aliphatic rings. The molecule has 130 valence electrons. The number of amides is 1. The highest BCUT2D eigenvalue weighted by atomic mass is 16.6. The maximum Gasteiger partial charge on any atom is 0.284 e. The lowest BCUT2D eigenvalue weighted by Crippen LogP contribution is -2.42. The van der Waals surface area contributed by atoms with E-state index in [-0.39, 0.29) is 12.5 Å². The predicted octanol–water partition coefficient (Wildman–Crippen LogP) is 3.52. The molecule has 0 spiro atoms. The molecule has 5 heteroatoms. The molecule has 1 amide bonds. The highest BCUT2D eigenvalue weighted by Gasteiger charge is 2.27. The molecular weight excluding hydrogens is 328 g/mol. The largest absolute Gasteiger partial charge is 0.485 e. The number of hydrazone groups is 1. The topological polar surface area (TPSA) is 59.9 Å². The quantitative estimate of drug-likeness (QED) is 0.583. The number of nitrogens with one attached hydrogen (secondary N) is 1. The lowest BCUT2D eigenvalue weighted by Gasteiger charge is -2.24. The van der Waals surface area contributed by atoms with E-state index in [1.54, 1.807) is 6.07 Å². The van der Waals surface area contributed by atoms with E-state index in [1.807, 2.05) is 49.4 Å². The summed E-state index contributed by atoms with van der Waals surface area (Å²) in [5, 5.41) is 6.51. The SMILES string of the molecule is C/C(=N\NC(=O)C1COc2ccccc2O1)c1ccc2ccccc2c1. The van der Waals surface area contributed by atoms with Crippen LogP contribution in [-0.4, -0.2) is 24.3 Å². The first-order chi connectivity index (χ1) is 12.7. The second-order valence-corrected chi connectivity index (χ2v) is 6.10. The van der Waals surface area contributed by atoms with Crippen LogP contribution in [0.1, 0.15) is 12.5 Å². The third kappa shape index (κ3) is 3.24. The number of hydrogen-bond donors (Lipinski definition) is 1.